The van der Waals surface area contributed by atoms with E-state index in [0.29, 0.717) is 6.54 Å². The fourth-order valence-electron chi connectivity index (χ4n) is 2.42. The molecule has 0 radical (unpaired) electrons. The van der Waals surface area contributed by atoms with Gasteiger partial charge in [-0.3, -0.25) is 4.79 Å². The molecule has 0 fully saturated rings. The fraction of sp³-hybridized carbons (Fsp3) is 0.789. The summed E-state index contributed by atoms with van der Waals surface area (Å²) in [5.74, 6) is -2.22. The van der Waals surface area contributed by atoms with E-state index in [1.807, 2.05) is 13.0 Å². The molecule has 0 heterocycles. The van der Waals surface area contributed by atoms with Crippen molar-refractivity contribution in [3.05, 3.63) is 12.2 Å². The highest BCUT2D eigenvalue weighted by atomic mass is 16.4. The number of rotatable bonds is 15. The third kappa shape index (κ3) is 14.0. The lowest BCUT2D eigenvalue weighted by atomic mass is 10.0. The number of hydrogen-bond acceptors (Lipinski definition) is 3. The van der Waals surface area contributed by atoms with Gasteiger partial charge in [-0.15, -0.1) is 0 Å². The van der Waals surface area contributed by atoms with Crippen LogP contribution in [-0.2, 0) is 9.59 Å². The number of aliphatic carboxylic acids is 1. The zero-order chi connectivity index (χ0) is 17.3. The van der Waals surface area contributed by atoms with Crippen molar-refractivity contribution >= 4 is 11.9 Å². The molecule has 0 aromatic rings. The van der Waals surface area contributed by atoms with Gasteiger partial charge in [-0.2, -0.15) is 0 Å². The molecule has 0 spiro atoms. The molecule has 0 saturated carbocycles. The Kier molecular flexibility index (Phi) is 14.7. The molecule has 1 unspecified atom stereocenters. The molecule has 1 N–H and O–H groups in total. The Balaban J connectivity index is 3.78. The van der Waals surface area contributed by atoms with E-state index < -0.39 is 11.9 Å². The number of hydrogen-bond donors (Lipinski definition) is 1. The Morgan fingerprint density at radius 3 is 2.13 bits per heavy atom. The maximum absolute atomic E-state index is 11.6. The van der Waals surface area contributed by atoms with Crippen LogP contribution in [0.3, 0.4) is 0 Å². The number of carboxylic acids is 1. The van der Waals surface area contributed by atoms with Gasteiger partial charge in [0.15, 0.2) is 0 Å². The van der Waals surface area contributed by atoms with E-state index in [1.165, 1.54) is 44.9 Å². The molecule has 0 bridgehead atoms. The standard InChI is InChI=1S/C19H35NO3/c1-3-5-6-7-8-9-10-11-12-13-14-17(19(22)23)16-18(21)20-15-4-2/h13-14,17H,3-12,15-16H2,1-2H3,(H,20,21)(H,22,23)/p-1/b14-13+. The van der Waals surface area contributed by atoms with Gasteiger partial charge in [0.1, 0.15) is 0 Å². The highest BCUT2D eigenvalue weighted by Gasteiger charge is 2.11. The monoisotopic (exact) mass is 324 g/mol. The molecule has 1 amide bonds. The third-order valence-electron chi connectivity index (χ3n) is 3.87. The van der Waals surface area contributed by atoms with E-state index in [0.717, 1.165) is 19.3 Å². The number of unbranched alkanes of at least 4 members (excludes halogenated alkanes) is 8. The summed E-state index contributed by atoms with van der Waals surface area (Å²) in [6, 6.07) is 0. The van der Waals surface area contributed by atoms with Crippen molar-refractivity contribution in [2.24, 2.45) is 5.92 Å². The first kappa shape index (κ1) is 21.7. The van der Waals surface area contributed by atoms with Gasteiger partial charge >= 0.3 is 0 Å². The van der Waals surface area contributed by atoms with Crippen molar-refractivity contribution in [3.63, 3.8) is 0 Å². The van der Waals surface area contributed by atoms with Crippen molar-refractivity contribution < 1.29 is 14.7 Å². The van der Waals surface area contributed by atoms with Gasteiger partial charge in [0.25, 0.3) is 0 Å². The van der Waals surface area contributed by atoms with E-state index in [9.17, 15) is 14.7 Å². The van der Waals surface area contributed by atoms with Crippen LogP contribution in [-0.4, -0.2) is 18.4 Å². The molecule has 0 aliphatic rings. The first-order valence-corrected chi connectivity index (χ1v) is 9.26. The molecule has 0 aromatic heterocycles. The van der Waals surface area contributed by atoms with Crippen LogP contribution >= 0.6 is 0 Å². The average molecular weight is 324 g/mol. The molecule has 4 heteroatoms. The third-order valence-corrected chi connectivity index (χ3v) is 3.87. The molecule has 134 valence electrons. The largest absolute Gasteiger partial charge is 0.550 e. The SMILES string of the molecule is CCCCCCCCCC/C=C/C(CC(=O)NCCC)C(=O)[O-]. The summed E-state index contributed by atoms with van der Waals surface area (Å²) >= 11 is 0. The summed E-state index contributed by atoms with van der Waals surface area (Å²) < 4.78 is 0. The topological polar surface area (TPSA) is 69.2 Å². The van der Waals surface area contributed by atoms with Gasteiger partial charge in [0.2, 0.25) is 5.91 Å². The number of nitrogens with one attached hydrogen (secondary N) is 1. The first-order valence-electron chi connectivity index (χ1n) is 9.26. The van der Waals surface area contributed by atoms with Crippen LogP contribution < -0.4 is 10.4 Å². The maximum atomic E-state index is 11.6. The molecular formula is C19H34NO3-. The van der Waals surface area contributed by atoms with Crippen molar-refractivity contribution in [2.75, 3.05) is 6.54 Å². The van der Waals surface area contributed by atoms with Crippen LogP contribution in [0.4, 0.5) is 0 Å². The summed E-state index contributed by atoms with van der Waals surface area (Å²) in [6.07, 6.45) is 15.3. The Bertz CT molecular complexity index is 340. The number of carbonyl (C=O) groups excluding carboxylic acids is 2. The second-order valence-corrected chi connectivity index (χ2v) is 6.17. The van der Waals surface area contributed by atoms with Crippen LogP contribution in [0.1, 0.15) is 84.5 Å². The van der Waals surface area contributed by atoms with Gasteiger partial charge in [0, 0.05) is 24.9 Å². The Labute approximate surface area is 141 Å². The lowest BCUT2D eigenvalue weighted by molar-refractivity contribution is -0.309. The molecule has 0 aliphatic carbocycles. The second kappa shape index (κ2) is 15.6. The number of amides is 1. The molecule has 23 heavy (non-hydrogen) atoms. The summed E-state index contributed by atoms with van der Waals surface area (Å²) in [6.45, 7) is 4.76. The highest BCUT2D eigenvalue weighted by Crippen LogP contribution is 2.11. The maximum Gasteiger partial charge on any atom is 0.220 e. The first-order chi connectivity index (χ1) is 11.1. The van der Waals surface area contributed by atoms with Crippen molar-refractivity contribution in [1.82, 2.24) is 5.32 Å². The molecule has 4 nitrogen and oxygen atoms in total. The van der Waals surface area contributed by atoms with Crippen molar-refractivity contribution in [1.29, 1.82) is 0 Å². The van der Waals surface area contributed by atoms with Gasteiger partial charge < -0.3 is 15.2 Å². The Morgan fingerprint density at radius 2 is 1.57 bits per heavy atom. The van der Waals surface area contributed by atoms with E-state index in [4.69, 9.17) is 0 Å². The predicted molar refractivity (Wildman–Crippen MR) is 92.8 cm³/mol. The van der Waals surface area contributed by atoms with Gasteiger partial charge in [-0.25, -0.2) is 0 Å². The Hall–Kier alpha value is -1.32. The van der Waals surface area contributed by atoms with E-state index in [-0.39, 0.29) is 12.3 Å². The minimum atomic E-state index is -1.18. The number of carbonyl (C=O) groups is 2. The lowest BCUT2D eigenvalue weighted by Crippen LogP contribution is -2.35. The van der Waals surface area contributed by atoms with Gasteiger partial charge in [-0.05, 0) is 19.3 Å². The number of allylic oxidation sites excluding steroid dienone is 1. The minimum Gasteiger partial charge on any atom is -0.550 e. The predicted octanol–water partition coefficient (Wildman–Crippen LogP) is 3.36. The zero-order valence-corrected chi connectivity index (χ0v) is 14.9. The van der Waals surface area contributed by atoms with Crippen molar-refractivity contribution in [3.8, 4) is 0 Å². The highest BCUT2D eigenvalue weighted by molar-refractivity contribution is 5.82. The van der Waals surface area contributed by atoms with Crippen LogP contribution in [0, 0.1) is 5.92 Å². The molecule has 1 atom stereocenters. The van der Waals surface area contributed by atoms with Gasteiger partial charge in [0.05, 0.1) is 0 Å². The fourth-order valence-corrected chi connectivity index (χ4v) is 2.42. The molecule has 0 rings (SSSR count). The van der Waals surface area contributed by atoms with E-state index in [2.05, 4.69) is 12.2 Å². The van der Waals surface area contributed by atoms with Gasteiger partial charge in [-0.1, -0.05) is 70.9 Å². The normalized spacial score (nSPS) is 12.4. The molecule has 0 aliphatic heterocycles. The van der Waals surface area contributed by atoms with Crippen LogP contribution in [0.15, 0.2) is 12.2 Å². The molecule has 0 saturated heterocycles. The smallest absolute Gasteiger partial charge is 0.220 e. The zero-order valence-electron chi connectivity index (χ0n) is 14.9. The number of carboxylic acid groups (broad SMARTS) is 1. The lowest BCUT2D eigenvalue weighted by Gasteiger charge is -2.13. The summed E-state index contributed by atoms with van der Waals surface area (Å²) in [5, 5.41) is 13.8. The van der Waals surface area contributed by atoms with E-state index in [1.54, 1.807) is 6.08 Å². The Morgan fingerprint density at radius 1 is 0.957 bits per heavy atom. The molecule has 0 aromatic carbocycles. The van der Waals surface area contributed by atoms with Crippen LogP contribution in [0.5, 0.6) is 0 Å². The van der Waals surface area contributed by atoms with Crippen molar-refractivity contribution in [2.45, 2.75) is 84.5 Å². The quantitative estimate of drug-likeness (QED) is 0.371. The van der Waals surface area contributed by atoms with E-state index >= 15 is 0 Å². The average Bonchev–Trinajstić information content (AvgIpc) is 2.53. The second-order valence-electron chi connectivity index (χ2n) is 6.17. The summed E-state index contributed by atoms with van der Waals surface area (Å²) in [5.41, 5.74) is 0. The summed E-state index contributed by atoms with van der Waals surface area (Å²) in [4.78, 5) is 22.6. The van der Waals surface area contributed by atoms with Crippen LogP contribution in [0.2, 0.25) is 0 Å². The minimum absolute atomic E-state index is 0.0315. The summed E-state index contributed by atoms with van der Waals surface area (Å²) in [7, 11) is 0. The van der Waals surface area contributed by atoms with Crippen LogP contribution in [0.25, 0.3) is 0 Å². The molecular weight excluding hydrogens is 290 g/mol.